The second kappa shape index (κ2) is 6.82. The summed E-state index contributed by atoms with van der Waals surface area (Å²) in [7, 11) is 0. The van der Waals surface area contributed by atoms with Gasteiger partial charge in [-0.2, -0.15) is 0 Å². The topological polar surface area (TPSA) is 55.8 Å². The van der Waals surface area contributed by atoms with Crippen molar-refractivity contribution in [2.45, 2.75) is 13.0 Å². The highest BCUT2D eigenvalue weighted by atomic mass is 16.6. The van der Waals surface area contributed by atoms with Crippen LogP contribution in [0.25, 0.3) is 0 Å². The molecule has 1 N–H and O–H groups in total. The van der Waals surface area contributed by atoms with E-state index in [1.165, 1.54) is 6.92 Å². The molecule has 0 fully saturated rings. The van der Waals surface area contributed by atoms with Gasteiger partial charge in [-0.15, -0.1) is 6.58 Å². The molecule has 0 aliphatic carbocycles. The van der Waals surface area contributed by atoms with Crippen molar-refractivity contribution in [2.24, 2.45) is 0 Å². The Morgan fingerprint density at radius 1 is 1.67 bits per heavy atom. The van der Waals surface area contributed by atoms with Crippen molar-refractivity contribution >= 4 is 5.97 Å². The van der Waals surface area contributed by atoms with E-state index in [-0.39, 0.29) is 6.61 Å². The Kier molecular flexibility index (Phi) is 6.32. The summed E-state index contributed by atoms with van der Waals surface area (Å²) >= 11 is 0. The molecule has 0 radical (unpaired) electrons. The molecule has 4 heteroatoms. The zero-order valence-corrected chi connectivity index (χ0v) is 7.16. The van der Waals surface area contributed by atoms with Gasteiger partial charge >= 0.3 is 5.97 Å². The van der Waals surface area contributed by atoms with Crippen molar-refractivity contribution in [3.63, 3.8) is 0 Å². The van der Waals surface area contributed by atoms with Gasteiger partial charge in [0, 0.05) is 0 Å². The quantitative estimate of drug-likeness (QED) is 0.353. The van der Waals surface area contributed by atoms with Gasteiger partial charge in [-0.25, -0.2) is 4.79 Å². The van der Waals surface area contributed by atoms with Crippen LogP contribution in [0.15, 0.2) is 12.7 Å². The molecule has 0 aliphatic heterocycles. The molecular weight excluding hydrogens is 160 g/mol. The van der Waals surface area contributed by atoms with E-state index in [9.17, 15) is 4.79 Å². The first-order chi connectivity index (χ1) is 5.68. The SMILES string of the molecule is C=CCOCCOC(=O)C(C)O. The van der Waals surface area contributed by atoms with E-state index in [0.717, 1.165) is 0 Å². The lowest BCUT2D eigenvalue weighted by Gasteiger charge is -2.05. The van der Waals surface area contributed by atoms with Gasteiger partial charge in [0.2, 0.25) is 0 Å². The number of hydrogen-bond donors (Lipinski definition) is 1. The van der Waals surface area contributed by atoms with Crippen LogP contribution < -0.4 is 0 Å². The van der Waals surface area contributed by atoms with Gasteiger partial charge in [0.1, 0.15) is 12.7 Å². The van der Waals surface area contributed by atoms with Crippen LogP contribution in [0.1, 0.15) is 6.92 Å². The van der Waals surface area contributed by atoms with Crippen LogP contribution in [-0.2, 0) is 14.3 Å². The third-order valence-electron chi connectivity index (χ3n) is 1.05. The summed E-state index contributed by atoms with van der Waals surface area (Å²) in [6, 6.07) is 0. The number of aliphatic hydroxyl groups is 1. The van der Waals surface area contributed by atoms with Crippen LogP contribution in [0, 0.1) is 0 Å². The molecule has 0 aromatic carbocycles. The van der Waals surface area contributed by atoms with Crippen LogP contribution in [0.4, 0.5) is 0 Å². The molecule has 0 bridgehead atoms. The van der Waals surface area contributed by atoms with Crippen LogP contribution in [0.3, 0.4) is 0 Å². The number of ether oxygens (including phenoxy) is 2. The van der Waals surface area contributed by atoms with Crippen LogP contribution in [-0.4, -0.2) is 37.0 Å². The highest BCUT2D eigenvalue weighted by Crippen LogP contribution is 1.86. The number of rotatable bonds is 6. The minimum absolute atomic E-state index is 0.164. The predicted molar refractivity (Wildman–Crippen MR) is 43.7 cm³/mol. The maximum absolute atomic E-state index is 10.6. The average molecular weight is 174 g/mol. The standard InChI is InChI=1S/C8H14O4/c1-3-4-11-5-6-12-8(10)7(2)9/h3,7,9H,1,4-6H2,2H3. The molecule has 12 heavy (non-hydrogen) atoms. The lowest BCUT2D eigenvalue weighted by atomic mass is 10.4. The molecule has 0 spiro atoms. The molecule has 0 aromatic rings. The second-order valence-electron chi connectivity index (χ2n) is 2.21. The number of hydrogen-bond acceptors (Lipinski definition) is 4. The Hall–Kier alpha value is -0.870. The van der Waals surface area contributed by atoms with Gasteiger partial charge in [0.05, 0.1) is 13.2 Å². The molecule has 0 amide bonds. The second-order valence-corrected chi connectivity index (χ2v) is 2.21. The van der Waals surface area contributed by atoms with Crippen LogP contribution in [0.2, 0.25) is 0 Å². The fraction of sp³-hybridized carbons (Fsp3) is 0.625. The van der Waals surface area contributed by atoms with Crippen molar-refractivity contribution in [3.05, 3.63) is 12.7 Å². The average Bonchev–Trinajstić information content (AvgIpc) is 2.03. The number of carbonyl (C=O) groups is 1. The molecule has 0 heterocycles. The van der Waals surface area contributed by atoms with E-state index < -0.39 is 12.1 Å². The van der Waals surface area contributed by atoms with Gasteiger partial charge in [-0.3, -0.25) is 0 Å². The Morgan fingerprint density at radius 3 is 2.83 bits per heavy atom. The molecular formula is C8H14O4. The predicted octanol–water partition coefficient (Wildman–Crippen LogP) is 0.113. The molecule has 0 aliphatic rings. The minimum Gasteiger partial charge on any atom is -0.461 e. The van der Waals surface area contributed by atoms with Crippen molar-refractivity contribution in [1.82, 2.24) is 0 Å². The zero-order valence-electron chi connectivity index (χ0n) is 7.16. The summed E-state index contributed by atoms with van der Waals surface area (Å²) in [5.74, 6) is -0.628. The van der Waals surface area contributed by atoms with Crippen molar-refractivity contribution in [2.75, 3.05) is 19.8 Å². The Labute approximate surface area is 71.8 Å². The third kappa shape index (κ3) is 5.88. The number of esters is 1. The lowest BCUT2D eigenvalue weighted by Crippen LogP contribution is -2.21. The van der Waals surface area contributed by atoms with Gasteiger partial charge in [0.15, 0.2) is 0 Å². The van der Waals surface area contributed by atoms with Crippen molar-refractivity contribution in [3.8, 4) is 0 Å². The molecule has 1 unspecified atom stereocenters. The van der Waals surface area contributed by atoms with E-state index in [1.54, 1.807) is 6.08 Å². The largest absolute Gasteiger partial charge is 0.461 e. The maximum atomic E-state index is 10.6. The zero-order chi connectivity index (χ0) is 9.40. The molecule has 0 saturated heterocycles. The van der Waals surface area contributed by atoms with Crippen LogP contribution in [0.5, 0.6) is 0 Å². The van der Waals surface area contributed by atoms with E-state index in [0.29, 0.717) is 13.2 Å². The summed E-state index contributed by atoms with van der Waals surface area (Å²) in [6.07, 6.45) is 0.542. The minimum atomic E-state index is -1.07. The highest BCUT2D eigenvalue weighted by molar-refractivity contribution is 5.73. The Bertz CT molecular complexity index is 142. The van der Waals surface area contributed by atoms with E-state index >= 15 is 0 Å². The molecule has 0 saturated carbocycles. The van der Waals surface area contributed by atoms with Crippen molar-refractivity contribution < 1.29 is 19.4 Å². The Morgan fingerprint density at radius 2 is 2.33 bits per heavy atom. The molecule has 70 valence electrons. The normalized spacial score (nSPS) is 12.2. The molecule has 0 rings (SSSR count). The fourth-order valence-corrected chi connectivity index (χ4v) is 0.488. The van der Waals surface area contributed by atoms with Gasteiger partial charge in [-0.1, -0.05) is 6.08 Å². The Balaban J connectivity index is 3.19. The summed E-state index contributed by atoms with van der Waals surface area (Å²) < 4.78 is 9.54. The summed E-state index contributed by atoms with van der Waals surface area (Å²) in [5, 5.41) is 8.69. The molecule has 0 aromatic heterocycles. The first-order valence-electron chi connectivity index (χ1n) is 3.71. The summed E-state index contributed by atoms with van der Waals surface area (Å²) in [4.78, 5) is 10.6. The van der Waals surface area contributed by atoms with Gasteiger partial charge in [0.25, 0.3) is 0 Å². The summed E-state index contributed by atoms with van der Waals surface area (Å²) in [5.41, 5.74) is 0. The monoisotopic (exact) mass is 174 g/mol. The molecule has 1 atom stereocenters. The number of aliphatic hydroxyl groups excluding tert-OH is 1. The molecule has 4 nitrogen and oxygen atoms in total. The number of carbonyl (C=O) groups excluding carboxylic acids is 1. The highest BCUT2D eigenvalue weighted by Gasteiger charge is 2.08. The van der Waals surface area contributed by atoms with E-state index in [2.05, 4.69) is 11.3 Å². The van der Waals surface area contributed by atoms with Gasteiger partial charge < -0.3 is 14.6 Å². The lowest BCUT2D eigenvalue weighted by molar-refractivity contribution is -0.153. The van der Waals surface area contributed by atoms with E-state index in [4.69, 9.17) is 9.84 Å². The van der Waals surface area contributed by atoms with E-state index in [1.807, 2.05) is 0 Å². The van der Waals surface area contributed by atoms with Crippen LogP contribution >= 0.6 is 0 Å². The smallest absolute Gasteiger partial charge is 0.334 e. The third-order valence-corrected chi connectivity index (χ3v) is 1.05. The fourth-order valence-electron chi connectivity index (χ4n) is 0.488. The summed E-state index contributed by atoms with van der Waals surface area (Å²) in [6.45, 7) is 5.73. The van der Waals surface area contributed by atoms with Gasteiger partial charge in [-0.05, 0) is 6.92 Å². The first-order valence-corrected chi connectivity index (χ1v) is 3.71. The first kappa shape index (κ1) is 11.1. The van der Waals surface area contributed by atoms with Crippen molar-refractivity contribution in [1.29, 1.82) is 0 Å². The maximum Gasteiger partial charge on any atom is 0.334 e.